The zero-order chi connectivity index (χ0) is 23.5. The number of hydrogen-bond donors (Lipinski definition) is 2. The lowest BCUT2D eigenvalue weighted by Gasteiger charge is -2.20. The SMILES string of the molecule is COc1ccc2nccc(CNCCC[C@@H]3CN(c4ccc5c(c4)NC(=O)CO5)C(=O)O3)c2n1. The summed E-state index contributed by atoms with van der Waals surface area (Å²) in [6, 6.07) is 10.9. The van der Waals surface area contributed by atoms with Crippen LogP contribution in [0.25, 0.3) is 11.0 Å². The first-order valence-electron chi connectivity index (χ1n) is 11.1. The van der Waals surface area contributed by atoms with Crippen molar-refractivity contribution in [3.63, 3.8) is 0 Å². The summed E-state index contributed by atoms with van der Waals surface area (Å²) in [7, 11) is 1.59. The van der Waals surface area contributed by atoms with Crippen molar-refractivity contribution in [1.82, 2.24) is 15.3 Å². The van der Waals surface area contributed by atoms with Crippen LogP contribution in [0.5, 0.6) is 11.6 Å². The summed E-state index contributed by atoms with van der Waals surface area (Å²) in [6.45, 7) is 1.88. The van der Waals surface area contributed by atoms with E-state index in [2.05, 4.69) is 20.6 Å². The summed E-state index contributed by atoms with van der Waals surface area (Å²) in [5, 5.41) is 6.19. The number of hydrogen-bond acceptors (Lipinski definition) is 8. The van der Waals surface area contributed by atoms with Gasteiger partial charge in [0.1, 0.15) is 11.9 Å². The number of amides is 2. The quantitative estimate of drug-likeness (QED) is 0.490. The van der Waals surface area contributed by atoms with Gasteiger partial charge in [-0.2, -0.15) is 0 Å². The van der Waals surface area contributed by atoms with Crippen LogP contribution in [0, 0.1) is 0 Å². The first-order valence-corrected chi connectivity index (χ1v) is 11.1. The molecule has 1 atom stereocenters. The lowest BCUT2D eigenvalue weighted by molar-refractivity contribution is -0.118. The van der Waals surface area contributed by atoms with E-state index in [-0.39, 0.29) is 24.7 Å². The van der Waals surface area contributed by atoms with Gasteiger partial charge in [-0.3, -0.25) is 14.7 Å². The van der Waals surface area contributed by atoms with Gasteiger partial charge in [-0.15, -0.1) is 0 Å². The van der Waals surface area contributed by atoms with Crippen LogP contribution in [0.3, 0.4) is 0 Å². The highest BCUT2D eigenvalue weighted by Crippen LogP contribution is 2.33. The smallest absolute Gasteiger partial charge is 0.414 e. The predicted octanol–water partition coefficient (Wildman–Crippen LogP) is 2.86. The van der Waals surface area contributed by atoms with Crippen LogP contribution >= 0.6 is 0 Å². The lowest BCUT2D eigenvalue weighted by atomic mass is 10.1. The number of carbonyl (C=O) groups excluding carboxylic acids is 2. The molecule has 0 radical (unpaired) electrons. The molecule has 1 saturated heterocycles. The van der Waals surface area contributed by atoms with E-state index in [1.807, 2.05) is 12.1 Å². The molecule has 10 nitrogen and oxygen atoms in total. The Morgan fingerprint density at radius 3 is 3.03 bits per heavy atom. The summed E-state index contributed by atoms with van der Waals surface area (Å²) < 4.78 is 16.2. The molecule has 0 aliphatic carbocycles. The summed E-state index contributed by atoms with van der Waals surface area (Å²) >= 11 is 0. The third-order valence-electron chi connectivity index (χ3n) is 5.83. The fourth-order valence-corrected chi connectivity index (χ4v) is 4.12. The zero-order valence-electron chi connectivity index (χ0n) is 18.7. The number of methoxy groups -OCH3 is 1. The number of nitrogens with one attached hydrogen (secondary N) is 2. The van der Waals surface area contributed by atoms with Gasteiger partial charge >= 0.3 is 6.09 Å². The number of aromatic nitrogens is 2. The zero-order valence-corrected chi connectivity index (χ0v) is 18.7. The van der Waals surface area contributed by atoms with E-state index in [0.29, 0.717) is 36.1 Å². The van der Waals surface area contributed by atoms with Crippen LogP contribution < -0.4 is 25.0 Å². The molecule has 2 N–H and O–H groups in total. The summed E-state index contributed by atoms with van der Waals surface area (Å²) in [6.07, 6.45) is 2.79. The van der Waals surface area contributed by atoms with E-state index >= 15 is 0 Å². The minimum Gasteiger partial charge on any atom is -0.482 e. The largest absolute Gasteiger partial charge is 0.482 e. The van der Waals surface area contributed by atoms with Gasteiger partial charge in [0.25, 0.3) is 5.91 Å². The van der Waals surface area contributed by atoms with Crippen LogP contribution in [0.15, 0.2) is 42.6 Å². The molecule has 5 rings (SSSR count). The lowest BCUT2D eigenvalue weighted by Crippen LogP contribution is -2.27. The van der Waals surface area contributed by atoms with Gasteiger partial charge in [-0.25, -0.2) is 9.78 Å². The normalized spacial score (nSPS) is 17.2. The van der Waals surface area contributed by atoms with Crippen molar-refractivity contribution in [3.8, 4) is 11.6 Å². The Labute approximate surface area is 196 Å². The highest BCUT2D eigenvalue weighted by Gasteiger charge is 2.32. The second-order valence-electron chi connectivity index (χ2n) is 8.14. The van der Waals surface area contributed by atoms with Crippen molar-refractivity contribution in [1.29, 1.82) is 0 Å². The number of cyclic esters (lactones) is 1. The molecule has 2 aromatic heterocycles. The highest BCUT2D eigenvalue weighted by atomic mass is 16.6. The number of nitrogens with zero attached hydrogens (tertiary/aromatic N) is 3. The van der Waals surface area contributed by atoms with E-state index in [1.165, 1.54) is 0 Å². The number of pyridine rings is 2. The van der Waals surface area contributed by atoms with Gasteiger partial charge in [0.2, 0.25) is 5.88 Å². The van der Waals surface area contributed by atoms with Gasteiger partial charge in [-0.1, -0.05) is 0 Å². The molecule has 10 heteroatoms. The number of rotatable bonds is 8. The summed E-state index contributed by atoms with van der Waals surface area (Å²) in [4.78, 5) is 34.4. The first kappa shape index (κ1) is 21.9. The molecule has 2 aliphatic rings. The Morgan fingerprint density at radius 1 is 1.24 bits per heavy atom. The first-order chi connectivity index (χ1) is 16.6. The molecule has 4 heterocycles. The number of benzene rings is 1. The molecule has 3 aromatic rings. The van der Waals surface area contributed by atoms with Crippen molar-refractivity contribution in [3.05, 3.63) is 48.2 Å². The van der Waals surface area contributed by atoms with Crippen molar-refractivity contribution in [2.75, 3.05) is 37.0 Å². The maximum absolute atomic E-state index is 12.4. The van der Waals surface area contributed by atoms with Crippen molar-refractivity contribution >= 4 is 34.4 Å². The van der Waals surface area contributed by atoms with Crippen LogP contribution in [0.4, 0.5) is 16.2 Å². The molecular formula is C24H25N5O5. The van der Waals surface area contributed by atoms with Crippen molar-refractivity contribution in [2.24, 2.45) is 0 Å². The van der Waals surface area contributed by atoms with E-state index in [9.17, 15) is 9.59 Å². The van der Waals surface area contributed by atoms with E-state index in [1.54, 1.807) is 42.5 Å². The highest BCUT2D eigenvalue weighted by molar-refractivity contribution is 5.97. The maximum atomic E-state index is 12.4. The average molecular weight is 463 g/mol. The number of ether oxygens (including phenoxy) is 3. The second-order valence-corrected chi connectivity index (χ2v) is 8.14. The van der Waals surface area contributed by atoms with Gasteiger partial charge < -0.3 is 24.8 Å². The van der Waals surface area contributed by atoms with Crippen molar-refractivity contribution < 1.29 is 23.8 Å². The third kappa shape index (κ3) is 4.58. The summed E-state index contributed by atoms with van der Waals surface area (Å²) in [5.41, 5.74) is 3.92. The monoisotopic (exact) mass is 463 g/mol. The third-order valence-corrected chi connectivity index (χ3v) is 5.83. The molecular weight excluding hydrogens is 438 g/mol. The molecule has 0 bridgehead atoms. The average Bonchev–Trinajstić information content (AvgIpc) is 3.23. The molecule has 0 spiro atoms. The van der Waals surface area contributed by atoms with Gasteiger partial charge in [-0.05, 0) is 55.3 Å². The van der Waals surface area contributed by atoms with Crippen LogP contribution in [0.1, 0.15) is 18.4 Å². The molecule has 1 aromatic carbocycles. The van der Waals surface area contributed by atoms with Crippen LogP contribution in [-0.2, 0) is 16.1 Å². The Morgan fingerprint density at radius 2 is 2.15 bits per heavy atom. The number of anilines is 2. The van der Waals surface area contributed by atoms with Crippen LogP contribution in [0.2, 0.25) is 0 Å². The molecule has 1 fully saturated rings. The van der Waals surface area contributed by atoms with Crippen molar-refractivity contribution in [2.45, 2.75) is 25.5 Å². The fraction of sp³-hybridized carbons (Fsp3) is 0.333. The minimum atomic E-state index is -0.385. The predicted molar refractivity (Wildman–Crippen MR) is 125 cm³/mol. The summed E-state index contributed by atoms with van der Waals surface area (Å²) in [5.74, 6) is 0.936. The van der Waals surface area contributed by atoms with E-state index in [4.69, 9.17) is 14.2 Å². The molecule has 2 amide bonds. The Kier molecular flexibility index (Phi) is 6.13. The Bertz CT molecular complexity index is 1230. The van der Waals surface area contributed by atoms with Gasteiger partial charge in [0.15, 0.2) is 6.61 Å². The topological polar surface area (TPSA) is 115 Å². The number of fused-ring (bicyclic) bond motifs is 2. The maximum Gasteiger partial charge on any atom is 0.414 e. The molecule has 0 saturated carbocycles. The number of carbonyl (C=O) groups is 2. The van der Waals surface area contributed by atoms with Gasteiger partial charge in [0, 0.05) is 24.5 Å². The second kappa shape index (κ2) is 9.52. The van der Waals surface area contributed by atoms with E-state index in [0.717, 1.165) is 36.0 Å². The molecule has 0 unspecified atom stereocenters. The fourth-order valence-electron chi connectivity index (χ4n) is 4.12. The molecule has 176 valence electrons. The van der Waals surface area contributed by atoms with Gasteiger partial charge in [0.05, 0.1) is 30.4 Å². The molecule has 2 aliphatic heterocycles. The molecule has 34 heavy (non-hydrogen) atoms. The van der Waals surface area contributed by atoms with Crippen LogP contribution in [-0.4, -0.2) is 54.9 Å². The standard InChI is InChI=1S/C24H25N5O5/c1-32-22-7-5-18-23(28-22)15(8-10-26-18)12-25-9-2-3-17-13-29(24(31)34-17)16-4-6-20-19(11-16)27-21(30)14-33-20/h4-8,10-11,17,25H,2-3,9,12-14H2,1H3,(H,27,30)/t17-/m1/s1. The Balaban J connectivity index is 1.12. The Hall–Kier alpha value is -3.92. The van der Waals surface area contributed by atoms with E-state index < -0.39 is 0 Å². The minimum absolute atomic E-state index is 0.00367.